The van der Waals surface area contributed by atoms with Crippen LogP contribution >= 0.6 is 7.92 Å². The summed E-state index contributed by atoms with van der Waals surface area (Å²) in [6.07, 6.45) is 20.2. The Balaban J connectivity index is 1.73. The third kappa shape index (κ3) is 3.85. The van der Waals surface area contributed by atoms with E-state index in [9.17, 15) is 0 Å². The van der Waals surface area contributed by atoms with E-state index < -0.39 is 0 Å². The quantitative estimate of drug-likeness (QED) is 0.492. The summed E-state index contributed by atoms with van der Waals surface area (Å²) in [4.78, 5) is 0. The summed E-state index contributed by atoms with van der Waals surface area (Å²) in [5.41, 5.74) is 3.38. The molecule has 2 unspecified atom stereocenters. The summed E-state index contributed by atoms with van der Waals surface area (Å²) in [6.45, 7) is 5.25. The van der Waals surface area contributed by atoms with Crippen LogP contribution in [0, 0.1) is 11.8 Å². The van der Waals surface area contributed by atoms with E-state index in [0.717, 1.165) is 28.8 Å². The first-order valence-electron chi connectivity index (χ1n) is 10.0. The van der Waals surface area contributed by atoms with Crippen LogP contribution in [0.3, 0.4) is 0 Å². The lowest BCUT2D eigenvalue weighted by molar-refractivity contribution is 0.402. The zero-order chi connectivity index (χ0) is 14.7. The van der Waals surface area contributed by atoms with Crippen LogP contribution in [0.15, 0.2) is 0 Å². The maximum Gasteiger partial charge on any atom is -0.0202 e. The molecule has 0 amide bonds. The van der Waals surface area contributed by atoms with Crippen molar-refractivity contribution >= 4 is 7.92 Å². The molecule has 3 aliphatic rings. The molecule has 0 nitrogen and oxygen atoms in total. The molecule has 0 aliphatic heterocycles. The molecule has 3 atom stereocenters. The average Bonchev–Trinajstić information content (AvgIpc) is 2.96. The lowest BCUT2D eigenvalue weighted by Gasteiger charge is -2.44. The van der Waals surface area contributed by atoms with Gasteiger partial charge in [0.25, 0.3) is 0 Å². The van der Waals surface area contributed by atoms with E-state index in [0.29, 0.717) is 7.92 Å². The van der Waals surface area contributed by atoms with Gasteiger partial charge < -0.3 is 0 Å². The third-order valence-electron chi connectivity index (χ3n) is 7.01. The predicted octanol–water partition coefficient (Wildman–Crippen LogP) is 6.96. The molecule has 3 rings (SSSR count). The monoisotopic (exact) mass is 308 g/mol. The molecule has 3 fully saturated rings. The van der Waals surface area contributed by atoms with Crippen LogP contribution in [0.4, 0.5) is 0 Å². The van der Waals surface area contributed by atoms with E-state index in [-0.39, 0.29) is 0 Å². The second kappa shape index (κ2) is 7.81. The van der Waals surface area contributed by atoms with Crippen molar-refractivity contribution in [3.63, 3.8) is 0 Å². The normalized spacial score (nSPS) is 34.4. The Bertz CT molecular complexity index is 283. The maximum absolute atomic E-state index is 2.70. The van der Waals surface area contributed by atoms with E-state index in [1.807, 2.05) is 0 Å². The Morgan fingerprint density at radius 2 is 1.19 bits per heavy atom. The van der Waals surface area contributed by atoms with Gasteiger partial charge in [-0.3, -0.25) is 0 Å². The number of hydrogen-bond donors (Lipinski definition) is 0. The minimum Gasteiger partial charge on any atom is -0.0971 e. The molecule has 122 valence electrons. The van der Waals surface area contributed by atoms with Gasteiger partial charge in [0, 0.05) is 0 Å². The van der Waals surface area contributed by atoms with Gasteiger partial charge in [-0.05, 0) is 60.9 Å². The smallest absolute Gasteiger partial charge is 0.0202 e. The SMILES string of the molecule is CC1CCCC1[C@@H](C)P(C1CCCCC1)C1CCCCC1. The first-order valence-corrected chi connectivity index (χ1v) is 11.6. The molecule has 0 bridgehead atoms. The topological polar surface area (TPSA) is 0 Å². The number of hydrogen-bond acceptors (Lipinski definition) is 0. The molecule has 0 radical (unpaired) electrons. The summed E-state index contributed by atoms with van der Waals surface area (Å²) in [6, 6.07) is 0. The van der Waals surface area contributed by atoms with Crippen LogP contribution in [-0.2, 0) is 0 Å². The molecule has 3 saturated carbocycles. The van der Waals surface area contributed by atoms with Crippen molar-refractivity contribution in [3.8, 4) is 0 Å². The van der Waals surface area contributed by atoms with Crippen molar-refractivity contribution in [3.05, 3.63) is 0 Å². The van der Waals surface area contributed by atoms with E-state index in [1.54, 1.807) is 57.8 Å². The van der Waals surface area contributed by atoms with Crippen molar-refractivity contribution in [1.82, 2.24) is 0 Å². The van der Waals surface area contributed by atoms with Crippen molar-refractivity contribution in [1.29, 1.82) is 0 Å². The first-order chi connectivity index (χ1) is 10.3. The lowest BCUT2D eigenvalue weighted by Crippen LogP contribution is -2.30. The molecular weight excluding hydrogens is 271 g/mol. The summed E-state index contributed by atoms with van der Waals surface area (Å²) in [5.74, 6) is 2.11. The fourth-order valence-electron chi connectivity index (χ4n) is 5.83. The summed E-state index contributed by atoms with van der Waals surface area (Å²) in [5, 5.41) is 0. The minimum atomic E-state index is 0.304. The fourth-order valence-corrected chi connectivity index (χ4v) is 10.6. The van der Waals surface area contributed by atoms with Gasteiger partial charge in [-0.2, -0.15) is 0 Å². The average molecular weight is 308 g/mol. The van der Waals surface area contributed by atoms with Crippen molar-refractivity contribution in [2.45, 2.75) is 114 Å². The first kappa shape index (κ1) is 16.3. The molecule has 0 spiro atoms. The van der Waals surface area contributed by atoms with Crippen LogP contribution in [0.25, 0.3) is 0 Å². The summed E-state index contributed by atoms with van der Waals surface area (Å²) in [7, 11) is 0.304. The zero-order valence-corrected chi connectivity index (χ0v) is 15.4. The van der Waals surface area contributed by atoms with E-state index in [2.05, 4.69) is 13.8 Å². The van der Waals surface area contributed by atoms with Crippen LogP contribution in [0.1, 0.15) is 97.3 Å². The molecule has 1 heteroatoms. The highest BCUT2D eigenvalue weighted by Crippen LogP contribution is 2.62. The van der Waals surface area contributed by atoms with Gasteiger partial charge >= 0.3 is 0 Å². The molecule has 0 aromatic rings. The van der Waals surface area contributed by atoms with Gasteiger partial charge in [0.05, 0.1) is 0 Å². The van der Waals surface area contributed by atoms with E-state index >= 15 is 0 Å². The Morgan fingerprint density at radius 1 is 0.667 bits per heavy atom. The molecule has 0 aromatic heterocycles. The van der Waals surface area contributed by atoms with E-state index in [4.69, 9.17) is 0 Å². The van der Waals surface area contributed by atoms with Crippen LogP contribution in [-0.4, -0.2) is 17.0 Å². The highest BCUT2D eigenvalue weighted by molar-refractivity contribution is 7.59. The Hall–Kier alpha value is 0.430. The van der Waals surface area contributed by atoms with Crippen LogP contribution in [0.5, 0.6) is 0 Å². The largest absolute Gasteiger partial charge is 0.0971 e. The van der Waals surface area contributed by atoms with Gasteiger partial charge in [0.1, 0.15) is 0 Å². The fraction of sp³-hybridized carbons (Fsp3) is 1.00. The highest BCUT2D eigenvalue weighted by Gasteiger charge is 2.40. The standard InChI is InChI=1S/C20H37P/c1-16-10-9-15-20(16)17(2)21(18-11-5-3-6-12-18)19-13-7-4-8-14-19/h16-20H,3-15H2,1-2H3/t16?,17-,20?/m1/s1. The molecule has 0 N–H and O–H groups in total. The Morgan fingerprint density at radius 3 is 1.62 bits per heavy atom. The minimum absolute atomic E-state index is 0.304. The highest BCUT2D eigenvalue weighted by atomic mass is 31.1. The molecule has 0 saturated heterocycles. The second-order valence-electron chi connectivity index (χ2n) is 8.34. The Labute approximate surface area is 134 Å². The van der Waals surface area contributed by atoms with E-state index in [1.165, 1.54) is 25.7 Å². The van der Waals surface area contributed by atoms with Crippen molar-refractivity contribution in [2.24, 2.45) is 11.8 Å². The maximum atomic E-state index is 2.70. The van der Waals surface area contributed by atoms with Gasteiger partial charge in [0.15, 0.2) is 0 Å². The Kier molecular flexibility index (Phi) is 6.06. The molecule has 3 aliphatic carbocycles. The summed E-state index contributed by atoms with van der Waals surface area (Å²) < 4.78 is 0. The third-order valence-corrected chi connectivity index (χ3v) is 11.1. The lowest BCUT2D eigenvalue weighted by atomic mass is 9.95. The molecule has 0 heterocycles. The van der Waals surface area contributed by atoms with Crippen LogP contribution in [0.2, 0.25) is 0 Å². The molecule has 0 aromatic carbocycles. The number of rotatable bonds is 4. The van der Waals surface area contributed by atoms with Gasteiger partial charge in [-0.25, -0.2) is 0 Å². The van der Waals surface area contributed by atoms with Crippen LogP contribution < -0.4 is 0 Å². The van der Waals surface area contributed by atoms with Gasteiger partial charge in [-0.15, -0.1) is 0 Å². The summed E-state index contributed by atoms with van der Waals surface area (Å²) >= 11 is 0. The molecule has 21 heavy (non-hydrogen) atoms. The van der Waals surface area contributed by atoms with Crippen molar-refractivity contribution in [2.75, 3.05) is 0 Å². The predicted molar refractivity (Wildman–Crippen MR) is 96.6 cm³/mol. The second-order valence-corrected chi connectivity index (χ2v) is 11.5. The van der Waals surface area contributed by atoms with Gasteiger partial charge in [0.2, 0.25) is 0 Å². The zero-order valence-electron chi connectivity index (χ0n) is 14.5. The van der Waals surface area contributed by atoms with Gasteiger partial charge in [-0.1, -0.05) is 73.1 Å². The van der Waals surface area contributed by atoms with Crippen molar-refractivity contribution < 1.29 is 0 Å². The molecular formula is C20H37P.